The largest absolute Gasteiger partial charge is 0.497 e. The van der Waals surface area contributed by atoms with Crippen molar-refractivity contribution in [3.63, 3.8) is 0 Å². The molecule has 3 rings (SSSR count). The summed E-state index contributed by atoms with van der Waals surface area (Å²) in [4.78, 5) is -0.0288. The quantitative estimate of drug-likeness (QED) is 0.656. The summed E-state index contributed by atoms with van der Waals surface area (Å²) < 4.78 is 44.6. The van der Waals surface area contributed by atoms with Gasteiger partial charge in [-0.15, -0.1) is 0 Å². The summed E-state index contributed by atoms with van der Waals surface area (Å²) in [6.45, 7) is 0. The molecule has 140 valence electrons. The Morgan fingerprint density at radius 3 is 2.15 bits per heavy atom. The van der Waals surface area contributed by atoms with E-state index in [0.29, 0.717) is 22.9 Å². The Kier molecular flexibility index (Phi) is 5.52. The Hall–Kier alpha value is -3.19. The lowest BCUT2D eigenvalue weighted by atomic mass is 10.3. The Morgan fingerprint density at radius 2 is 1.44 bits per heavy atom. The van der Waals surface area contributed by atoms with Gasteiger partial charge in [0.2, 0.25) is 0 Å². The molecule has 27 heavy (non-hydrogen) atoms. The first-order chi connectivity index (χ1) is 13.0. The minimum Gasteiger partial charge on any atom is -0.497 e. The zero-order valence-electron chi connectivity index (χ0n) is 14.9. The second-order valence-electron chi connectivity index (χ2n) is 5.53. The molecule has 0 unspecified atom stereocenters. The normalized spacial score (nSPS) is 10.9. The highest BCUT2D eigenvalue weighted by Gasteiger charge is 2.22. The monoisotopic (exact) mass is 385 g/mol. The number of sulfonamides is 1. The van der Waals surface area contributed by atoms with Crippen molar-refractivity contribution in [1.82, 2.24) is 0 Å². The highest BCUT2D eigenvalue weighted by atomic mass is 32.2. The standard InChI is InChI=1S/C20H19NO5S/c1-24-16-12-13-19(25-2)20(14-16)27(22,23)21-17-10-6-7-11-18(17)26-15-8-4-3-5-9-15/h3-14,21H,1-2H3. The van der Waals surface area contributed by atoms with Crippen molar-refractivity contribution in [2.24, 2.45) is 0 Å². The van der Waals surface area contributed by atoms with Crippen molar-refractivity contribution >= 4 is 15.7 Å². The molecule has 0 aliphatic carbocycles. The number of hydrogen-bond acceptors (Lipinski definition) is 5. The average molecular weight is 385 g/mol. The van der Waals surface area contributed by atoms with Gasteiger partial charge in [0.1, 0.15) is 22.1 Å². The Bertz CT molecular complexity index is 1020. The van der Waals surface area contributed by atoms with Crippen LogP contribution in [0.3, 0.4) is 0 Å². The maximum Gasteiger partial charge on any atom is 0.265 e. The molecule has 0 spiro atoms. The molecule has 7 heteroatoms. The number of anilines is 1. The number of hydrogen-bond donors (Lipinski definition) is 1. The summed E-state index contributed by atoms with van der Waals surface area (Å²) in [7, 11) is -1.06. The van der Waals surface area contributed by atoms with Crippen molar-refractivity contribution in [2.75, 3.05) is 18.9 Å². The van der Waals surface area contributed by atoms with Crippen LogP contribution in [0.15, 0.2) is 77.7 Å². The van der Waals surface area contributed by atoms with Gasteiger partial charge >= 0.3 is 0 Å². The molecule has 3 aromatic rings. The zero-order valence-corrected chi connectivity index (χ0v) is 15.7. The Balaban J connectivity index is 1.95. The van der Waals surface area contributed by atoms with Gasteiger partial charge in [0.15, 0.2) is 5.75 Å². The van der Waals surface area contributed by atoms with E-state index < -0.39 is 10.0 Å². The first-order valence-corrected chi connectivity index (χ1v) is 9.58. The number of rotatable bonds is 7. The molecule has 1 N–H and O–H groups in total. The third-order valence-electron chi connectivity index (χ3n) is 3.76. The number of benzene rings is 3. The van der Waals surface area contributed by atoms with Gasteiger partial charge in [0, 0.05) is 6.07 Å². The van der Waals surface area contributed by atoms with E-state index in [1.54, 1.807) is 48.5 Å². The van der Waals surface area contributed by atoms with E-state index >= 15 is 0 Å². The molecule has 0 amide bonds. The summed E-state index contributed by atoms with van der Waals surface area (Å²) in [6, 6.07) is 20.5. The van der Waals surface area contributed by atoms with Crippen molar-refractivity contribution < 1.29 is 22.6 Å². The van der Waals surface area contributed by atoms with Gasteiger partial charge in [0.05, 0.1) is 19.9 Å². The van der Waals surface area contributed by atoms with E-state index in [4.69, 9.17) is 14.2 Å². The fourth-order valence-electron chi connectivity index (χ4n) is 2.45. The van der Waals surface area contributed by atoms with Crippen molar-refractivity contribution in [3.05, 3.63) is 72.8 Å². The van der Waals surface area contributed by atoms with Crippen LogP contribution >= 0.6 is 0 Å². The topological polar surface area (TPSA) is 73.9 Å². The van der Waals surface area contributed by atoms with Crippen LogP contribution in [0.2, 0.25) is 0 Å². The van der Waals surface area contributed by atoms with Crippen LogP contribution in [0, 0.1) is 0 Å². The van der Waals surface area contributed by atoms with Crippen LogP contribution in [0.5, 0.6) is 23.0 Å². The van der Waals surface area contributed by atoms with Crippen LogP contribution in [0.1, 0.15) is 0 Å². The van der Waals surface area contributed by atoms with Gasteiger partial charge in [-0.2, -0.15) is 0 Å². The lowest BCUT2D eigenvalue weighted by molar-refractivity contribution is 0.392. The molecule has 0 aromatic heterocycles. The first-order valence-electron chi connectivity index (χ1n) is 8.10. The minimum atomic E-state index is -3.94. The lowest BCUT2D eigenvalue weighted by Crippen LogP contribution is -2.14. The fourth-order valence-corrected chi connectivity index (χ4v) is 3.70. The van der Waals surface area contributed by atoms with E-state index in [0.717, 1.165) is 0 Å². The maximum absolute atomic E-state index is 13.0. The molecule has 0 fully saturated rings. The number of methoxy groups -OCH3 is 2. The van der Waals surface area contributed by atoms with Gasteiger partial charge in [-0.25, -0.2) is 8.42 Å². The highest BCUT2D eigenvalue weighted by molar-refractivity contribution is 7.92. The van der Waals surface area contributed by atoms with Gasteiger partial charge < -0.3 is 14.2 Å². The number of para-hydroxylation sites is 3. The minimum absolute atomic E-state index is 0.0288. The van der Waals surface area contributed by atoms with E-state index in [2.05, 4.69) is 4.72 Å². The summed E-state index contributed by atoms with van der Waals surface area (Å²) in [5, 5.41) is 0. The highest BCUT2D eigenvalue weighted by Crippen LogP contribution is 2.34. The molecule has 0 aliphatic heterocycles. The molecule has 0 radical (unpaired) electrons. The summed E-state index contributed by atoms with van der Waals surface area (Å²) in [5.41, 5.74) is 0.311. The third kappa shape index (κ3) is 4.32. The van der Waals surface area contributed by atoms with E-state index in [1.807, 2.05) is 18.2 Å². The molecule has 3 aromatic carbocycles. The molecule has 0 bridgehead atoms. The molecule has 6 nitrogen and oxygen atoms in total. The van der Waals surface area contributed by atoms with Gasteiger partial charge in [0.25, 0.3) is 10.0 Å². The summed E-state index contributed by atoms with van der Waals surface area (Å²) in [6.07, 6.45) is 0. The first kappa shape index (κ1) is 18.6. The van der Waals surface area contributed by atoms with Crippen LogP contribution in [-0.4, -0.2) is 22.6 Å². The zero-order chi connectivity index (χ0) is 19.3. The van der Waals surface area contributed by atoms with Crippen LogP contribution in [0.4, 0.5) is 5.69 Å². The molecule has 0 saturated carbocycles. The molecular weight excluding hydrogens is 366 g/mol. The summed E-state index contributed by atoms with van der Waals surface area (Å²) >= 11 is 0. The van der Waals surface area contributed by atoms with Crippen molar-refractivity contribution in [3.8, 4) is 23.0 Å². The predicted octanol–water partition coefficient (Wildman–Crippen LogP) is 4.30. The van der Waals surface area contributed by atoms with Crippen LogP contribution < -0.4 is 18.9 Å². The van der Waals surface area contributed by atoms with Crippen LogP contribution in [0.25, 0.3) is 0 Å². The number of nitrogens with one attached hydrogen (secondary N) is 1. The lowest BCUT2D eigenvalue weighted by Gasteiger charge is -2.15. The van der Waals surface area contributed by atoms with E-state index in [9.17, 15) is 8.42 Å². The van der Waals surface area contributed by atoms with Crippen molar-refractivity contribution in [1.29, 1.82) is 0 Å². The van der Waals surface area contributed by atoms with Gasteiger partial charge in [-0.3, -0.25) is 4.72 Å². The molecule has 0 heterocycles. The van der Waals surface area contributed by atoms with E-state index in [1.165, 1.54) is 20.3 Å². The molecule has 0 aliphatic rings. The van der Waals surface area contributed by atoms with Crippen LogP contribution in [-0.2, 0) is 10.0 Å². The fraction of sp³-hybridized carbons (Fsp3) is 0.100. The Morgan fingerprint density at radius 1 is 0.741 bits per heavy atom. The number of ether oxygens (including phenoxy) is 3. The van der Waals surface area contributed by atoms with Gasteiger partial charge in [-0.05, 0) is 36.4 Å². The SMILES string of the molecule is COc1ccc(OC)c(S(=O)(=O)Nc2ccccc2Oc2ccccc2)c1. The van der Waals surface area contributed by atoms with Gasteiger partial charge in [-0.1, -0.05) is 30.3 Å². The molecule has 0 atom stereocenters. The van der Waals surface area contributed by atoms with Crippen molar-refractivity contribution in [2.45, 2.75) is 4.90 Å². The second kappa shape index (κ2) is 8.01. The third-order valence-corrected chi connectivity index (χ3v) is 5.15. The second-order valence-corrected chi connectivity index (χ2v) is 7.18. The average Bonchev–Trinajstić information content (AvgIpc) is 2.69. The smallest absolute Gasteiger partial charge is 0.265 e. The Labute approximate surface area is 158 Å². The maximum atomic E-state index is 13.0. The predicted molar refractivity (Wildman–Crippen MR) is 103 cm³/mol. The van der Waals surface area contributed by atoms with E-state index in [-0.39, 0.29) is 10.6 Å². The summed E-state index contributed by atoms with van der Waals surface area (Å²) in [5.74, 6) is 1.60. The molecule has 0 saturated heterocycles. The molecular formula is C20H19NO5S.